The second kappa shape index (κ2) is 7.20. The maximum Gasteiger partial charge on any atom is 0.309 e. The molecule has 5 fully saturated rings. The van der Waals surface area contributed by atoms with E-state index in [1.807, 2.05) is 0 Å². The predicted octanol–water partition coefficient (Wildman–Crippen LogP) is 6.27. The van der Waals surface area contributed by atoms with Crippen LogP contribution in [-0.4, -0.2) is 28.1 Å². The molecule has 0 bridgehead atoms. The van der Waals surface area contributed by atoms with E-state index >= 15 is 0 Å². The van der Waals surface area contributed by atoms with Crippen molar-refractivity contribution in [1.29, 1.82) is 0 Å². The molecule has 10 atom stereocenters. The molecule has 4 nitrogen and oxygen atoms in total. The quantitative estimate of drug-likeness (QED) is 0.467. The summed E-state index contributed by atoms with van der Waals surface area (Å²) >= 11 is 0. The third kappa shape index (κ3) is 2.70. The number of ketones is 1. The molecular weight excluding hydrogens is 424 g/mol. The molecule has 4 heteroatoms. The summed E-state index contributed by atoms with van der Waals surface area (Å²) in [5, 5.41) is 22.2. The van der Waals surface area contributed by atoms with Crippen LogP contribution in [0, 0.1) is 56.7 Å². The fourth-order valence-corrected chi connectivity index (χ4v) is 11.5. The van der Waals surface area contributed by atoms with E-state index in [-0.39, 0.29) is 34.0 Å². The van der Waals surface area contributed by atoms with Gasteiger partial charge in [-0.1, -0.05) is 46.8 Å². The Morgan fingerprint density at radius 3 is 2.26 bits per heavy atom. The monoisotopic (exact) mass is 470 g/mol. The van der Waals surface area contributed by atoms with Gasteiger partial charge in [0.15, 0.2) is 0 Å². The van der Waals surface area contributed by atoms with Crippen molar-refractivity contribution >= 4 is 11.8 Å². The number of carboxylic acids is 1. The Morgan fingerprint density at radius 1 is 0.971 bits per heavy atom. The standard InChI is InChI=1S/C30H46O4/c1-17(2)18-10-13-30(25(33)34)15-14-28(6)19(23(18)30)8-9-21-27(5)12-11-22(32)26(3,4)24(27)20(31)16-29(21,28)7/h18-21,23-24,31H,1,8-16H2,2-7H3,(H,33,34)/t18-,19+,20-,21-,23+,24+,27+,28+,29+,30-/m0/s1. The third-order valence-electron chi connectivity index (χ3n) is 13.1. The Hall–Kier alpha value is -1.16. The van der Waals surface area contributed by atoms with Crippen LogP contribution in [0.5, 0.6) is 0 Å². The van der Waals surface area contributed by atoms with Crippen LogP contribution in [0.15, 0.2) is 12.2 Å². The highest BCUT2D eigenvalue weighted by molar-refractivity contribution is 5.85. The van der Waals surface area contributed by atoms with Crippen molar-refractivity contribution in [3.63, 3.8) is 0 Å². The van der Waals surface area contributed by atoms with Gasteiger partial charge in [-0.3, -0.25) is 9.59 Å². The molecule has 0 heterocycles. The molecule has 190 valence electrons. The van der Waals surface area contributed by atoms with Gasteiger partial charge < -0.3 is 10.2 Å². The first kappa shape index (κ1) is 24.5. The number of rotatable bonds is 2. The zero-order valence-corrected chi connectivity index (χ0v) is 22.2. The average Bonchev–Trinajstić information content (AvgIpc) is 3.13. The van der Waals surface area contributed by atoms with E-state index < -0.39 is 22.9 Å². The van der Waals surface area contributed by atoms with Crippen molar-refractivity contribution in [2.45, 2.75) is 105 Å². The molecule has 5 aliphatic rings. The number of aliphatic hydroxyl groups is 1. The molecule has 34 heavy (non-hydrogen) atoms. The summed E-state index contributed by atoms with van der Waals surface area (Å²) in [5.74, 6) is 0.916. The molecule has 5 saturated carbocycles. The molecular formula is C30H46O4. The second-order valence-corrected chi connectivity index (χ2v) is 14.4. The maximum absolute atomic E-state index is 12.9. The summed E-state index contributed by atoms with van der Waals surface area (Å²) in [4.78, 5) is 25.7. The Morgan fingerprint density at radius 2 is 1.65 bits per heavy atom. The first-order chi connectivity index (χ1) is 15.7. The molecule has 0 aromatic rings. The zero-order chi connectivity index (χ0) is 25.1. The van der Waals surface area contributed by atoms with E-state index in [1.54, 1.807) is 0 Å². The summed E-state index contributed by atoms with van der Waals surface area (Å²) in [6.07, 6.45) is 7.24. The summed E-state index contributed by atoms with van der Waals surface area (Å²) < 4.78 is 0. The largest absolute Gasteiger partial charge is 0.481 e. The van der Waals surface area contributed by atoms with Gasteiger partial charge in [-0.2, -0.15) is 0 Å². The topological polar surface area (TPSA) is 74.6 Å². The molecule has 0 unspecified atom stereocenters. The highest BCUT2D eigenvalue weighted by Gasteiger charge is 2.73. The second-order valence-electron chi connectivity index (χ2n) is 14.4. The molecule has 0 radical (unpaired) electrons. The van der Waals surface area contributed by atoms with Crippen LogP contribution in [0.2, 0.25) is 0 Å². The van der Waals surface area contributed by atoms with E-state index in [0.29, 0.717) is 24.0 Å². The van der Waals surface area contributed by atoms with Gasteiger partial charge in [0.05, 0.1) is 11.5 Å². The number of carbonyl (C=O) groups excluding carboxylic acids is 1. The van der Waals surface area contributed by atoms with Crippen molar-refractivity contribution in [1.82, 2.24) is 0 Å². The van der Waals surface area contributed by atoms with Crippen LogP contribution in [0.4, 0.5) is 0 Å². The molecule has 0 spiro atoms. The lowest BCUT2D eigenvalue weighted by Crippen LogP contribution is -2.69. The minimum Gasteiger partial charge on any atom is -0.481 e. The molecule has 5 aliphatic carbocycles. The van der Waals surface area contributed by atoms with Crippen LogP contribution in [0.1, 0.15) is 99.3 Å². The third-order valence-corrected chi connectivity index (χ3v) is 13.1. The minimum atomic E-state index is -0.615. The first-order valence-electron chi connectivity index (χ1n) is 13.8. The Kier molecular flexibility index (Phi) is 5.20. The number of aliphatic hydroxyl groups excluding tert-OH is 1. The van der Waals surface area contributed by atoms with Gasteiger partial charge in [0.25, 0.3) is 0 Å². The average molecular weight is 471 g/mol. The molecule has 2 N–H and O–H groups in total. The van der Waals surface area contributed by atoms with Crippen molar-refractivity contribution < 1.29 is 19.8 Å². The highest BCUT2D eigenvalue weighted by atomic mass is 16.4. The number of aliphatic carboxylic acids is 1. The van der Waals surface area contributed by atoms with E-state index in [0.717, 1.165) is 56.9 Å². The van der Waals surface area contributed by atoms with Gasteiger partial charge in [0, 0.05) is 17.8 Å². The van der Waals surface area contributed by atoms with Crippen LogP contribution in [0.3, 0.4) is 0 Å². The van der Waals surface area contributed by atoms with Crippen LogP contribution in [-0.2, 0) is 9.59 Å². The van der Waals surface area contributed by atoms with E-state index in [2.05, 4.69) is 48.1 Å². The van der Waals surface area contributed by atoms with Crippen LogP contribution in [0.25, 0.3) is 0 Å². The lowest BCUT2D eigenvalue weighted by molar-refractivity contribution is -0.259. The van der Waals surface area contributed by atoms with Gasteiger partial charge in [0.2, 0.25) is 0 Å². The van der Waals surface area contributed by atoms with Gasteiger partial charge in [-0.05, 0) is 98.2 Å². The number of carboxylic acid groups (broad SMARTS) is 1. The summed E-state index contributed by atoms with van der Waals surface area (Å²) in [6.45, 7) is 17.8. The lowest BCUT2D eigenvalue weighted by Gasteiger charge is -2.72. The molecule has 5 rings (SSSR count). The van der Waals surface area contributed by atoms with Gasteiger partial charge >= 0.3 is 5.97 Å². The van der Waals surface area contributed by atoms with Crippen molar-refractivity contribution in [2.24, 2.45) is 56.7 Å². The molecule has 0 aromatic heterocycles. The number of allylic oxidation sites excluding steroid dienone is 1. The van der Waals surface area contributed by atoms with Gasteiger partial charge in [-0.25, -0.2) is 0 Å². The van der Waals surface area contributed by atoms with Gasteiger partial charge in [-0.15, -0.1) is 0 Å². The number of hydrogen-bond donors (Lipinski definition) is 2. The van der Waals surface area contributed by atoms with Crippen molar-refractivity contribution in [3.8, 4) is 0 Å². The maximum atomic E-state index is 12.9. The summed E-state index contributed by atoms with van der Waals surface area (Å²) in [5.41, 5.74) is -0.110. The fourth-order valence-electron chi connectivity index (χ4n) is 11.5. The first-order valence-corrected chi connectivity index (χ1v) is 13.8. The predicted molar refractivity (Wildman–Crippen MR) is 133 cm³/mol. The molecule has 0 aromatic carbocycles. The Labute approximate surface area is 206 Å². The minimum absolute atomic E-state index is 0.00387. The van der Waals surface area contributed by atoms with E-state index in [4.69, 9.17) is 0 Å². The summed E-state index contributed by atoms with van der Waals surface area (Å²) in [7, 11) is 0. The summed E-state index contributed by atoms with van der Waals surface area (Å²) in [6, 6.07) is 0. The normalized spacial score (nSPS) is 53.8. The number of Topliss-reactive ketones (excluding diaryl/α,β-unsaturated/α-hetero) is 1. The molecule has 0 amide bonds. The zero-order valence-electron chi connectivity index (χ0n) is 22.2. The molecule has 0 aliphatic heterocycles. The Bertz CT molecular complexity index is 936. The van der Waals surface area contributed by atoms with Crippen LogP contribution >= 0.6 is 0 Å². The SMILES string of the molecule is C=C(C)[C@@H]1CC[C@]2(C(=O)O)CC[C@]3(C)[C@H](CC[C@H]4[C@@]5(C)CCC(=O)C(C)(C)[C@H]5[C@@H](O)C[C@]43C)[C@@H]12. The smallest absolute Gasteiger partial charge is 0.309 e. The molecule has 0 saturated heterocycles. The van der Waals surface area contributed by atoms with Gasteiger partial charge in [0.1, 0.15) is 5.78 Å². The van der Waals surface area contributed by atoms with E-state index in [1.165, 1.54) is 0 Å². The van der Waals surface area contributed by atoms with Crippen molar-refractivity contribution in [3.05, 3.63) is 12.2 Å². The Balaban J connectivity index is 1.60. The number of carbonyl (C=O) groups is 2. The van der Waals surface area contributed by atoms with Crippen LogP contribution < -0.4 is 0 Å². The highest BCUT2D eigenvalue weighted by Crippen LogP contribution is 2.77. The van der Waals surface area contributed by atoms with Crippen molar-refractivity contribution in [2.75, 3.05) is 0 Å². The number of hydrogen-bond acceptors (Lipinski definition) is 3. The lowest BCUT2D eigenvalue weighted by atomic mass is 9.32. The number of fused-ring (bicyclic) bond motifs is 7. The fraction of sp³-hybridized carbons (Fsp3) is 0.867. The van der Waals surface area contributed by atoms with E-state index in [9.17, 15) is 19.8 Å².